The third-order valence-electron chi connectivity index (χ3n) is 3.46. The van der Waals surface area contributed by atoms with E-state index in [0.717, 1.165) is 6.42 Å². The Balaban J connectivity index is 1.63. The van der Waals surface area contributed by atoms with Crippen LogP contribution in [-0.4, -0.2) is 24.7 Å². The van der Waals surface area contributed by atoms with Crippen molar-refractivity contribution in [1.29, 1.82) is 0 Å². The summed E-state index contributed by atoms with van der Waals surface area (Å²) in [5.41, 5.74) is 1.33. The lowest BCUT2D eigenvalue weighted by Gasteiger charge is -2.37. The van der Waals surface area contributed by atoms with Crippen LogP contribution in [0.3, 0.4) is 0 Å². The fraction of sp³-hybridized carbons (Fsp3) is 0.462. The van der Waals surface area contributed by atoms with Gasteiger partial charge in [0, 0.05) is 12.0 Å². The van der Waals surface area contributed by atoms with Gasteiger partial charge in [-0.3, -0.25) is 4.79 Å². The van der Waals surface area contributed by atoms with E-state index in [9.17, 15) is 4.79 Å². The van der Waals surface area contributed by atoms with Crippen LogP contribution in [0.2, 0.25) is 0 Å². The fourth-order valence-electron chi connectivity index (χ4n) is 2.25. The highest BCUT2D eigenvalue weighted by atomic mass is 16.6. The molecule has 0 spiro atoms. The molecule has 1 saturated carbocycles. The Labute approximate surface area is 94.8 Å². The van der Waals surface area contributed by atoms with E-state index in [1.165, 1.54) is 12.0 Å². The molecule has 84 valence electrons. The van der Waals surface area contributed by atoms with Crippen molar-refractivity contribution in [1.82, 2.24) is 5.32 Å². The van der Waals surface area contributed by atoms with Crippen LogP contribution in [0.15, 0.2) is 30.3 Å². The Morgan fingerprint density at radius 1 is 1.25 bits per heavy atom. The molecule has 1 N–H and O–H groups in total. The molecule has 1 amide bonds. The minimum Gasteiger partial charge on any atom is -0.363 e. The number of hydrogen-bond donors (Lipinski definition) is 1. The summed E-state index contributed by atoms with van der Waals surface area (Å²) in [6, 6.07) is 10.7. The maximum Gasteiger partial charge on any atom is 0.251 e. The van der Waals surface area contributed by atoms with Gasteiger partial charge in [-0.05, 0) is 18.4 Å². The smallest absolute Gasteiger partial charge is 0.251 e. The van der Waals surface area contributed by atoms with Gasteiger partial charge < -0.3 is 10.1 Å². The number of carbonyl (C=O) groups is 1. The molecule has 3 nitrogen and oxygen atoms in total. The number of epoxide rings is 1. The molecule has 0 bridgehead atoms. The molecule has 2 aliphatic rings. The molecule has 3 rings (SSSR count). The van der Waals surface area contributed by atoms with E-state index in [-0.39, 0.29) is 12.0 Å². The maximum absolute atomic E-state index is 11.5. The van der Waals surface area contributed by atoms with Crippen molar-refractivity contribution in [3.05, 3.63) is 35.9 Å². The molecule has 1 aliphatic carbocycles. The van der Waals surface area contributed by atoms with Gasteiger partial charge >= 0.3 is 0 Å². The molecular weight excluding hydrogens is 202 g/mol. The van der Waals surface area contributed by atoms with Crippen LogP contribution in [0.5, 0.6) is 0 Å². The molecule has 0 aromatic heterocycles. The number of carbonyl (C=O) groups excluding carboxylic acids is 1. The van der Waals surface area contributed by atoms with Gasteiger partial charge in [-0.25, -0.2) is 0 Å². The van der Waals surface area contributed by atoms with Crippen molar-refractivity contribution in [3.63, 3.8) is 0 Å². The minimum atomic E-state index is -0.169. The van der Waals surface area contributed by atoms with Crippen molar-refractivity contribution in [2.45, 2.75) is 30.9 Å². The summed E-state index contributed by atoms with van der Waals surface area (Å²) in [5, 5.41) is 3.06. The van der Waals surface area contributed by atoms with E-state index < -0.39 is 0 Å². The molecule has 16 heavy (non-hydrogen) atoms. The highest BCUT2D eigenvalue weighted by molar-refractivity contribution is 5.83. The highest BCUT2D eigenvalue weighted by Gasteiger charge is 2.38. The van der Waals surface area contributed by atoms with Crippen molar-refractivity contribution in [3.8, 4) is 0 Å². The summed E-state index contributed by atoms with van der Waals surface area (Å²) in [5.74, 6) is 0.550. The Bertz CT molecular complexity index is 386. The third kappa shape index (κ3) is 1.83. The van der Waals surface area contributed by atoms with Gasteiger partial charge in [0.15, 0.2) is 6.10 Å². The number of nitrogens with one attached hydrogen (secondary N) is 1. The van der Waals surface area contributed by atoms with E-state index in [2.05, 4.69) is 29.6 Å². The number of ether oxygens (including phenoxy) is 1. The Morgan fingerprint density at radius 2 is 2.00 bits per heavy atom. The van der Waals surface area contributed by atoms with Crippen LogP contribution in [0.4, 0.5) is 0 Å². The van der Waals surface area contributed by atoms with Gasteiger partial charge in [0.1, 0.15) is 0 Å². The summed E-state index contributed by atoms with van der Waals surface area (Å²) in [6.07, 6.45) is 2.08. The fourth-order valence-corrected chi connectivity index (χ4v) is 2.25. The van der Waals surface area contributed by atoms with Gasteiger partial charge in [0.05, 0.1) is 6.61 Å². The zero-order valence-corrected chi connectivity index (χ0v) is 9.06. The van der Waals surface area contributed by atoms with Crippen LogP contribution in [0.1, 0.15) is 24.3 Å². The molecule has 3 heteroatoms. The summed E-state index contributed by atoms with van der Waals surface area (Å²) in [7, 11) is 0. The van der Waals surface area contributed by atoms with E-state index in [1.807, 2.05) is 6.07 Å². The molecule has 1 aliphatic heterocycles. The van der Waals surface area contributed by atoms with Crippen LogP contribution >= 0.6 is 0 Å². The molecule has 1 unspecified atom stereocenters. The van der Waals surface area contributed by atoms with Crippen molar-refractivity contribution >= 4 is 5.91 Å². The lowest BCUT2D eigenvalue weighted by Crippen LogP contribution is -2.46. The first kappa shape index (κ1) is 9.85. The summed E-state index contributed by atoms with van der Waals surface area (Å²) in [4.78, 5) is 11.5. The van der Waals surface area contributed by atoms with Crippen molar-refractivity contribution in [2.75, 3.05) is 6.61 Å². The van der Waals surface area contributed by atoms with Crippen LogP contribution in [0, 0.1) is 0 Å². The third-order valence-corrected chi connectivity index (χ3v) is 3.46. The number of rotatable bonds is 3. The van der Waals surface area contributed by atoms with Crippen molar-refractivity contribution < 1.29 is 9.53 Å². The zero-order valence-electron chi connectivity index (χ0n) is 9.06. The van der Waals surface area contributed by atoms with Gasteiger partial charge in [0.25, 0.3) is 5.91 Å². The lowest BCUT2D eigenvalue weighted by atomic mass is 9.75. The monoisotopic (exact) mass is 217 g/mol. The molecular formula is C13H15NO2. The van der Waals surface area contributed by atoms with Crippen LogP contribution < -0.4 is 5.32 Å². The largest absolute Gasteiger partial charge is 0.363 e. The molecule has 1 aromatic rings. The highest BCUT2D eigenvalue weighted by Crippen LogP contribution is 2.36. The Morgan fingerprint density at radius 3 is 2.56 bits per heavy atom. The maximum atomic E-state index is 11.5. The first-order chi connectivity index (χ1) is 7.84. The lowest BCUT2D eigenvalue weighted by molar-refractivity contribution is -0.123. The molecule has 1 aromatic carbocycles. The summed E-state index contributed by atoms with van der Waals surface area (Å²) < 4.78 is 4.97. The zero-order chi connectivity index (χ0) is 11.0. The topological polar surface area (TPSA) is 41.6 Å². The Hall–Kier alpha value is -1.35. The molecule has 1 heterocycles. The molecule has 2 fully saturated rings. The second-order valence-electron chi connectivity index (χ2n) is 4.53. The van der Waals surface area contributed by atoms with E-state index in [4.69, 9.17) is 4.74 Å². The van der Waals surface area contributed by atoms with Gasteiger partial charge in [0.2, 0.25) is 0 Å². The number of benzene rings is 1. The average molecular weight is 217 g/mol. The first-order valence-electron chi connectivity index (χ1n) is 5.81. The standard InChI is InChI=1S/C13H15NO2/c15-13(12-8-16-12)14-11-7-6-10(11)9-4-2-1-3-5-9/h1-5,10-12H,6-8H2,(H,14,15)/t10-,11-,12?/m1/s1. The van der Waals surface area contributed by atoms with Crippen LogP contribution in [-0.2, 0) is 9.53 Å². The van der Waals surface area contributed by atoms with Gasteiger partial charge in [-0.2, -0.15) is 0 Å². The average Bonchev–Trinajstić information content (AvgIpc) is 3.09. The summed E-state index contributed by atoms with van der Waals surface area (Å²) >= 11 is 0. The quantitative estimate of drug-likeness (QED) is 0.778. The second kappa shape index (κ2) is 3.91. The summed E-state index contributed by atoms with van der Waals surface area (Å²) in [6.45, 7) is 0.592. The molecule has 3 atom stereocenters. The van der Waals surface area contributed by atoms with Gasteiger partial charge in [-0.15, -0.1) is 0 Å². The van der Waals surface area contributed by atoms with Crippen LogP contribution in [0.25, 0.3) is 0 Å². The number of hydrogen-bond acceptors (Lipinski definition) is 2. The predicted octanol–water partition coefficient (Wildman–Crippen LogP) is 1.45. The predicted molar refractivity (Wildman–Crippen MR) is 60.1 cm³/mol. The minimum absolute atomic E-state index is 0.0608. The Kier molecular flexibility index (Phi) is 2.40. The van der Waals surface area contributed by atoms with E-state index in [0.29, 0.717) is 18.6 Å². The molecule has 0 radical (unpaired) electrons. The van der Waals surface area contributed by atoms with Gasteiger partial charge in [-0.1, -0.05) is 30.3 Å². The second-order valence-corrected chi connectivity index (χ2v) is 4.53. The SMILES string of the molecule is O=C(N[C@@H]1CC[C@@H]1c1ccccc1)C1CO1. The first-order valence-corrected chi connectivity index (χ1v) is 5.81. The van der Waals surface area contributed by atoms with Crippen molar-refractivity contribution in [2.24, 2.45) is 0 Å². The normalized spacial score (nSPS) is 31.6. The number of amides is 1. The van der Waals surface area contributed by atoms with E-state index >= 15 is 0 Å². The van der Waals surface area contributed by atoms with E-state index in [1.54, 1.807) is 0 Å². The molecule has 1 saturated heterocycles.